The Hall–Kier alpha value is -2.51. The monoisotopic (exact) mass is 352 g/mol. The van der Waals surface area contributed by atoms with Crippen LogP contribution in [0.25, 0.3) is 0 Å². The molecule has 0 unspecified atom stereocenters. The van der Waals surface area contributed by atoms with Crippen molar-refractivity contribution in [2.75, 3.05) is 12.4 Å². The van der Waals surface area contributed by atoms with E-state index >= 15 is 0 Å². The molecule has 0 saturated carbocycles. The molecular formula is C16H17ClN2O5. The number of nitrogens with one attached hydrogen (secondary N) is 2. The Balaban J connectivity index is 1.97. The van der Waals surface area contributed by atoms with Gasteiger partial charge in [0, 0.05) is 5.02 Å². The van der Waals surface area contributed by atoms with Gasteiger partial charge in [-0.15, -0.1) is 0 Å². The number of carbonyl (C=O) groups excluding carboxylic acids is 1. The molecule has 1 aromatic carbocycles. The second-order valence-electron chi connectivity index (χ2n) is 4.95. The lowest BCUT2D eigenvalue weighted by Gasteiger charge is -2.15. The smallest absolute Gasteiger partial charge is 0.321 e. The molecule has 1 atom stereocenters. The number of carboxylic acids is 1. The first-order valence-corrected chi connectivity index (χ1v) is 7.49. The summed E-state index contributed by atoms with van der Waals surface area (Å²) in [5.41, 5.74) is 0.380. The normalized spacial score (nSPS) is 11.8. The molecule has 0 aliphatic carbocycles. The second-order valence-corrected chi connectivity index (χ2v) is 5.38. The van der Waals surface area contributed by atoms with E-state index in [1.807, 2.05) is 0 Å². The summed E-state index contributed by atoms with van der Waals surface area (Å²) in [6.45, 7) is 0.206. The molecule has 0 aliphatic rings. The number of halogens is 1. The highest BCUT2D eigenvalue weighted by molar-refractivity contribution is 6.31. The lowest BCUT2D eigenvalue weighted by molar-refractivity contribution is -0.141. The van der Waals surface area contributed by atoms with Crippen molar-refractivity contribution >= 4 is 29.2 Å². The highest BCUT2D eigenvalue weighted by Crippen LogP contribution is 2.27. The van der Waals surface area contributed by atoms with Gasteiger partial charge in [-0.2, -0.15) is 0 Å². The number of carboxylic acid groups (broad SMARTS) is 1. The molecule has 24 heavy (non-hydrogen) atoms. The molecule has 128 valence electrons. The highest BCUT2D eigenvalue weighted by atomic mass is 35.5. The maximum Gasteiger partial charge on any atom is 0.321 e. The van der Waals surface area contributed by atoms with Crippen LogP contribution in [0.3, 0.4) is 0 Å². The molecule has 2 rings (SSSR count). The van der Waals surface area contributed by atoms with Crippen molar-refractivity contribution in [3.8, 4) is 5.75 Å². The van der Waals surface area contributed by atoms with Gasteiger partial charge in [-0.3, -0.25) is 14.9 Å². The fraction of sp³-hybridized carbons (Fsp3) is 0.250. The van der Waals surface area contributed by atoms with Crippen molar-refractivity contribution in [2.24, 2.45) is 0 Å². The molecule has 3 N–H and O–H groups in total. The van der Waals surface area contributed by atoms with Gasteiger partial charge in [-0.05, 0) is 30.3 Å². The van der Waals surface area contributed by atoms with Crippen LogP contribution in [0.2, 0.25) is 5.02 Å². The van der Waals surface area contributed by atoms with E-state index < -0.39 is 17.9 Å². The molecule has 0 spiro atoms. The highest BCUT2D eigenvalue weighted by Gasteiger charge is 2.21. The summed E-state index contributed by atoms with van der Waals surface area (Å²) in [5, 5.41) is 15.0. The van der Waals surface area contributed by atoms with E-state index in [1.165, 1.54) is 19.4 Å². The first kappa shape index (κ1) is 17.8. The Kier molecular flexibility index (Phi) is 6.22. The van der Waals surface area contributed by atoms with Crippen molar-refractivity contribution in [1.82, 2.24) is 5.32 Å². The molecule has 0 radical (unpaired) electrons. The van der Waals surface area contributed by atoms with E-state index in [9.17, 15) is 14.7 Å². The number of methoxy groups -OCH3 is 1. The standard InChI is InChI=1S/C16H17ClN2O5/c1-23-14-5-4-10(17)7-12(14)19-15(20)8-13(16(21)22)18-9-11-3-2-6-24-11/h2-7,13,18H,8-9H2,1H3,(H,19,20)(H,21,22)/t13-/m1/s1. The third-order valence-corrected chi connectivity index (χ3v) is 3.46. The Morgan fingerprint density at radius 3 is 2.79 bits per heavy atom. The third-order valence-electron chi connectivity index (χ3n) is 3.23. The molecular weight excluding hydrogens is 336 g/mol. The Morgan fingerprint density at radius 2 is 2.17 bits per heavy atom. The van der Waals surface area contributed by atoms with Gasteiger partial charge in [0.25, 0.3) is 0 Å². The van der Waals surface area contributed by atoms with E-state index in [-0.39, 0.29) is 13.0 Å². The minimum atomic E-state index is -1.13. The maximum absolute atomic E-state index is 12.1. The average Bonchev–Trinajstić information content (AvgIpc) is 3.04. The van der Waals surface area contributed by atoms with Gasteiger partial charge >= 0.3 is 5.97 Å². The predicted molar refractivity (Wildman–Crippen MR) is 88.2 cm³/mol. The maximum atomic E-state index is 12.1. The van der Waals surface area contributed by atoms with Crippen LogP contribution in [0.15, 0.2) is 41.0 Å². The average molecular weight is 353 g/mol. The largest absolute Gasteiger partial charge is 0.495 e. The molecule has 1 amide bonds. The Morgan fingerprint density at radius 1 is 1.38 bits per heavy atom. The number of hydrogen-bond donors (Lipinski definition) is 3. The topological polar surface area (TPSA) is 101 Å². The Bertz CT molecular complexity index is 702. The van der Waals surface area contributed by atoms with E-state index in [0.29, 0.717) is 22.2 Å². The minimum absolute atomic E-state index is 0.206. The summed E-state index contributed by atoms with van der Waals surface area (Å²) in [4.78, 5) is 23.4. The lowest BCUT2D eigenvalue weighted by atomic mass is 10.2. The number of rotatable bonds is 8. The SMILES string of the molecule is COc1ccc(Cl)cc1NC(=O)C[C@@H](NCc1ccco1)C(=O)O. The van der Waals surface area contributed by atoms with Crippen LogP contribution in [0.4, 0.5) is 5.69 Å². The first-order chi connectivity index (χ1) is 11.5. The van der Waals surface area contributed by atoms with Crippen LogP contribution in [0.5, 0.6) is 5.75 Å². The zero-order chi connectivity index (χ0) is 17.5. The quantitative estimate of drug-likeness (QED) is 0.675. The van der Waals surface area contributed by atoms with E-state index in [0.717, 1.165) is 0 Å². The number of aliphatic carboxylic acids is 1. The van der Waals surface area contributed by atoms with Crippen molar-refractivity contribution < 1.29 is 23.8 Å². The molecule has 0 fully saturated rings. The van der Waals surface area contributed by atoms with Crippen LogP contribution >= 0.6 is 11.6 Å². The number of furan rings is 1. The number of carbonyl (C=O) groups is 2. The van der Waals surface area contributed by atoms with E-state index in [1.54, 1.807) is 24.3 Å². The first-order valence-electron chi connectivity index (χ1n) is 7.11. The molecule has 0 saturated heterocycles. The summed E-state index contributed by atoms with van der Waals surface area (Å²) in [6, 6.07) is 7.13. The van der Waals surface area contributed by atoms with Gasteiger partial charge in [0.15, 0.2) is 0 Å². The second kappa shape index (κ2) is 8.37. The van der Waals surface area contributed by atoms with Gasteiger partial charge in [0.05, 0.1) is 32.0 Å². The van der Waals surface area contributed by atoms with Crippen molar-refractivity contribution in [3.05, 3.63) is 47.4 Å². The Labute approximate surface area is 143 Å². The van der Waals surface area contributed by atoms with Crippen LogP contribution < -0.4 is 15.4 Å². The van der Waals surface area contributed by atoms with Crippen molar-refractivity contribution in [2.45, 2.75) is 19.0 Å². The minimum Gasteiger partial charge on any atom is -0.495 e. The lowest BCUT2D eigenvalue weighted by Crippen LogP contribution is -2.39. The summed E-state index contributed by atoms with van der Waals surface area (Å²) in [5.74, 6) is -0.592. The summed E-state index contributed by atoms with van der Waals surface area (Å²) < 4.78 is 10.3. The molecule has 0 aliphatic heterocycles. The van der Waals surface area contributed by atoms with Crippen LogP contribution in [0.1, 0.15) is 12.2 Å². The van der Waals surface area contributed by atoms with Crippen molar-refractivity contribution in [3.63, 3.8) is 0 Å². The molecule has 8 heteroatoms. The fourth-order valence-electron chi connectivity index (χ4n) is 2.05. The fourth-order valence-corrected chi connectivity index (χ4v) is 2.22. The number of benzene rings is 1. The van der Waals surface area contributed by atoms with Gasteiger partial charge in [0.2, 0.25) is 5.91 Å². The van der Waals surface area contributed by atoms with Gasteiger partial charge in [-0.25, -0.2) is 0 Å². The van der Waals surface area contributed by atoms with E-state index in [2.05, 4.69) is 10.6 Å². The number of ether oxygens (including phenoxy) is 1. The van der Waals surface area contributed by atoms with Crippen molar-refractivity contribution in [1.29, 1.82) is 0 Å². The van der Waals surface area contributed by atoms with E-state index in [4.69, 9.17) is 20.8 Å². The predicted octanol–water partition coefficient (Wildman–Crippen LogP) is 2.51. The summed E-state index contributed by atoms with van der Waals surface area (Å²) in [6.07, 6.45) is 1.23. The number of amides is 1. The van der Waals surface area contributed by atoms with Gasteiger partial charge in [-0.1, -0.05) is 11.6 Å². The molecule has 1 aromatic heterocycles. The molecule has 1 heterocycles. The molecule has 0 bridgehead atoms. The van der Waals surface area contributed by atoms with Crippen LogP contribution in [-0.4, -0.2) is 30.1 Å². The van der Waals surface area contributed by atoms with Crippen LogP contribution in [-0.2, 0) is 16.1 Å². The molecule has 2 aromatic rings. The van der Waals surface area contributed by atoms with Crippen LogP contribution in [0, 0.1) is 0 Å². The number of anilines is 1. The molecule has 7 nitrogen and oxygen atoms in total. The summed E-state index contributed by atoms with van der Waals surface area (Å²) in [7, 11) is 1.46. The zero-order valence-electron chi connectivity index (χ0n) is 12.9. The van der Waals surface area contributed by atoms with Gasteiger partial charge < -0.3 is 19.6 Å². The number of hydrogen-bond acceptors (Lipinski definition) is 5. The summed E-state index contributed by atoms with van der Waals surface area (Å²) >= 11 is 5.90. The third kappa shape index (κ3) is 5.00. The zero-order valence-corrected chi connectivity index (χ0v) is 13.7. The van der Waals surface area contributed by atoms with Gasteiger partial charge in [0.1, 0.15) is 17.6 Å².